The van der Waals surface area contributed by atoms with Crippen molar-refractivity contribution in [3.8, 4) is 0 Å². The number of hydrogen-bond donors (Lipinski definition) is 0. The number of hydrogen-bond acceptors (Lipinski definition) is 6. The summed E-state index contributed by atoms with van der Waals surface area (Å²) in [6.45, 7) is 12.4. The standard InChI is InChI=1S/C16H34O6P2/c1-7-9-11-19-23(17,20-12-10-8-2)16(5,6)24(18)21-13-15(3,4)14-22-24/h7-14H2,1-6H3. The van der Waals surface area contributed by atoms with Crippen molar-refractivity contribution < 1.29 is 27.2 Å². The van der Waals surface area contributed by atoms with Gasteiger partial charge in [0.15, 0.2) is 4.90 Å². The van der Waals surface area contributed by atoms with E-state index in [4.69, 9.17) is 18.1 Å². The Hall–Kier alpha value is 0.300. The molecule has 0 radical (unpaired) electrons. The molecule has 144 valence electrons. The Morgan fingerprint density at radius 2 is 1.46 bits per heavy atom. The van der Waals surface area contributed by atoms with Gasteiger partial charge in [-0.2, -0.15) is 0 Å². The van der Waals surface area contributed by atoms with Gasteiger partial charge in [0.05, 0.1) is 26.4 Å². The van der Waals surface area contributed by atoms with Crippen LogP contribution in [0.25, 0.3) is 0 Å². The van der Waals surface area contributed by atoms with E-state index in [2.05, 4.69) is 0 Å². The van der Waals surface area contributed by atoms with E-state index < -0.39 is 20.1 Å². The SMILES string of the molecule is CCCCOP(=O)(OCCCC)C(C)(C)P1(=O)OCC(C)(C)CO1. The van der Waals surface area contributed by atoms with E-state index in [1.54, 1.807) is 13.8 Å². The second kappa shape index (κ2) is 8.79. The maximum absolute atomic E-state index is 13.5. The van der Waals surface area contributed by atoms with Gasteiger partial charge in [-0.15, -0.1) is 0 Å². The van der Waals surface area contributed by atoms with Gasteiger partial charge in [0.2, 0.25) is 0 Å². The highest BCUT2D eigenvalue weighted by Gasteiger charge is 2.60. The minimum Gasteiger partial charge on any atom is -0.308 e. The molecule has 1 heterocycles. The molecule has 1 fully saturated rings. The molecule has 24 heavy (non-hydrogen) atoms. The van der Waals surface area contributed by atoms with Crippen molar-refractivity contribution in [1.29, 1.82) is 0 Å². The van der Waals surface area contributed by atoms with Gasteiger partial charge in [0.1, 0.15) is 0 Å². The highest BCUT2D eigenvalue weighted by Crippen LogP contribution is 2.78. The molecule has 0 amide bonds. The van der Waals surface area contributed by atoms with E-state index in [1.165, 1.54) is 0 Å². The summed E-state index contributed by atoms with van der Waals surface area (Å²) in [5, 5.41) is 0. The lowest BCUT2D eigenvalue weighted by Gasteiger charge is -2.42. The molecular weight excluding hydrogens is 350 g/mol. The third-order valence-electron chi connectivity index (χ3n) is 4.11. The summed E-state index contributed by atoms with van der Waals surface area (Å²) in [7, 11) is -7.30. The monoisotopic (exact) mass is 384 g/mol. The van der Waals surface area contributed by atoms with E-state index >= 15 is 0 Å². The van der Waals surface area contributed by atoms with Gasteiger partial charge in [0, 0.05) is 5.41 Å². The highest BCUT2D eigenvalue weighted by molar-refractivity contribution is 7.74. The zero-order chi connectivity index (χ0) is 18.5. The van der Waals surface area contributed by atoms with Crippen LogP contribution in [0.2, 0.25) is 0 Å². The van der Waals surface area contributed by atoms with E-state index in [0.29, 0.717) is 13.2 Å². The molecule has 8 heteroatoms. The van der Waals surface area contributed by atoms with Crippen LogP contribution in [0.3, 0.4) is 0 Å². The Kier molecular flexibility index (Phi) is 8.19. The van der Waals surface area contributed by atoms with Gasteiger partial charge in [-0.25, -0.2) is 0 Å². The number of unbranched alkanes of at least 4 members (excludes halogenated alkanes) is 2. The largest absolute Gasteiger partial charge is 0.348 e. The maximum atomic E-state index is 13.5. The fraction of sp³-hybridized carbons (Fsp3) is 1.00. The summed E-state index contributed by atoms with van der Waals surface area (Å²) in [6, 6.07) is 0. The summed E-state index contributed by atoms with van der Waals surface area (Å²) >= 11 is 0. The first-order valence-electron chi connectivity index (χ1n) is 8.82. The molecule has 0 aromatic rings. The zero-order valence-corrected chi connectivity index (χ0v) is 17.8. The minimum absolute atomic E-state index is 0.222. The highest BCUT2D eigenvalue weighted by atomic mass is 31.2. The van der Waals surface area contributed by atoms with Gasteiger partial charge in [-0.3, -0.25) is 9.13 Å². The first kappa shape index (κ1) is 22.3. The first-order chi connectivity index (χ1) is 11.0. The molecule has 0 N–H and O–H groups in total. The van der Waals surface area contributed by atoms with E-state index in [9.17, 15) is 9.13 Å². The Labute approximate surface area is 147 Å². The Balaban J connectivity index is 3.00. The third-order valence-corrected chi connectivity index (χ3v) is 10.2. The minimum atomic E-state index is -3.67. The summed E-state index contributed by atoms with van der Waals surface area (Å²) in [5.41, 5.74) is -0.222. The Bertz CT molecular complexity index is 461. The van der Waals surface area contributed by atoms with Crippen molar-refractivity contribution in [2.24, 2.45) is 5.41 Å². The van der Waals surface area contributed by atoms with Crippen molar-refractivity contribution in [3.63, 3.8) is 0 Å². The maximum Gasteiger partial charge on any atom is 0.348 e. The zero-order valence-electron chi connectivity index (χ0n) is 16.0. The molecule has 0 aliphatic carbocycles. The Morgan fingerprint density at radius 1 is 1.04 bits per heavy atom. The summed E-state index contributed by atoms with van der Waals surface area (Å²) in [4.78, 5) is -1.35. The lowest BCUT2D eigenvalue weighted by atomic mass is 9.97. The predicted molar refractivity (Wildman–Crippen MR) is 96.7 cm³/mol. The summed E-state index contributed by atoms with van der Waals surface area (Å²) in [5.74, 6) is 0. The van der Waals surface area contributed by atoms with E-state index in [0.717, 1.165) is 25.7 Å². The molecule has 0 atom stereocenters. The van der Waals surface area contributed by atoms with Crippen molar-refractivity contribution >= 4 is 15.2 Å². The van der Waals surface area contributed by atoms with Crippen LogP contribution in [-0.2, 0) is 27.2 Å². The second-order valence-corrected chi connectivity index (χ2v) is 13.2. The topological polar surface area (TPSA) is 71.1 Å². The average Bonchev–Trinajstić information content (AvgIpc) is 2.51. The molecule has 0 unspecified atom stereocenters. The van der Waals surface area contributed by atoms with Crippen molar-refractivity contribution in [2.75, 3.05) is 26.4 Å². The number of rotatable bonds is 10. The lowest BCUT2D eigenvalue weighted by Crippen LogP contribution is -2.36. The van der Waals surface area contributed by atoms with Crippen LogP contribution in [0.5, 0.6) is 0 Å². The molecule has 1 saturated heterocycles. The molecule has 6 nitrogen and oxygen atoms in total. The molecule has 0 spiro atoms. The molecule has 0 aromatic heterocycles. The van der Waals surface area contributed by atoms with Crippen molar-refractivity contribution in [1.82, 2.24) is 0 Å². The molecule has 0 bridgehead atoms. The van der Waals surface area contributed by atoms with Crippen LogP contribution in [0.1, 0.15) is 67.2 Å². The van der Waals surface area contributed by atoms with E-state index in [1.807, 2.05) is 27.7 Å². The normalized spacial score (nSPS) is 20.9. The summed E-state index contributed by atoms with van der Waals surface area (Å²) in [6.07, 6.45) is 3.34. The van der Waals surface area contributed by atoms with Gasteiger partial charge in [0.25, 0.3) is 0 Å². The van der Waals surface area contributed by atoms with Crippen LogP contribution in [0.4, 0.5) is 0 Å². The van der Waals surface area contributed by atoms with Crippen molar-refractivity contribution in [2.45, 2.75) is 72.1 Å². The lowest BCUT2D eigenvalue weighted by molar-refractivity contribution is 0.0353. The summed E-state index contributed by atoms with van der Waals surface area (Å²) < 4.78 is 49.3. The first-order valence-corrected chi connectivity index (χ1v) is 11.9. The quantitative estimate of drug-likeness (QED) is 0.349. The fourth-order valence-corrected chi connectivity index (χ4v) is 7.16. The van der Waals surface area contributed by atoms with Crippen LogP contribution < -0.4 is 0 Å². The van der Waals surface area contributed by atoms with Crippen LogP contribution in [0.15, 0.2) is 0 Å². The van der Waals surface area contributed by atoms with Crippen molar-refractivity contribution in [3.05, 3.63) is 0 Å². The molecule has 0 aromatic carbocycles. The smallest absolute Gasteiger partial charge is 0.308 e. The van der Waals surface area contributed by atoms with Gasteiger partial charge in [-0.05, 0) is 26.7 Å². The van der Waals surface area contributed by atoms with Gasteiger partial charge < -0.3 is 18.1 Å². The van der Waals surface area contributed by atoms with E-state index in [-0.39, 0.29) is 18.6 Å². The molecule has 1 aliphatic rings. The van der Waals surface area contributed by atoms with Gasteiger partial charge >= 0.3 is 15.2 Å². The average molecular weight is 384 g/mol. The fourth-order valence-electron chi connectivity index (χ4n) is 2.08. The predicted octanol–water partition coefficient (Wildman–Crippen LogP) is 5.82. The second-order valence-electron chi connectivity index (χ2n) is 7.57. The van der Waals surface area contributed by atoms with Crippen LogP contribution >= 0.6 is 15.2 Å². The molecule has 0 saturated carbocycles. The van der Waals surface area contributed by atoms with Crippen LogP contribution in [0, 0.1) is 5.41 Å². The molecular formula is C16H34O6P2. The third kappa shape index (κ3) is 5.16. The Morgan fingerprint density at radius 3 is 1.83 bits per heavy atom. The van der Waals surface area contributed by atoms with Gasteiger partial charge in [-0.1, -0.05) is 40.5 Å². The molecule has 1 rings (SSSR count). The molecule has 1 aliphatic heterocycles. The van der Waals surface area contributed by atoms with Crippen LogP contribution in [-0.4, -0.2) is 31.3 Å².